The number of amides is 1. The van der Waals surface area contributed by atoms with Gasteiger partial charge in [-0.1, -0.05) is 28.1 Å². The van der Waals surface area contributed by atoms with E-state index < -0.39 is 10.0 Å². The van der Waals surface area contributed by atoms with Crippen LogP contribution in [0.5, 0.6) is 0 Å². The van der Waals surface area contributed by atoms with E-state index in [-0.39, 0.29) is 25.0 Å². The van der Waals surface area contributed by atoms with E-state index in [4.69, 9.17) is 0 Å². The van der Waals surface area contributed by atoms with Crippen molar-refractivity contribution in [2.45, 2.75) is 18.9 Å². The number of rotatable bonds is 6. The number of benzene rings is 1. The van der Waals surface area contributed by atoms with E-state index in [0.717, 1.165) is 41.7 Å². The van der Waals surface area contributed by atoms with Gasteiger partial charge in [-0.3, -0.25) is 14.8 Å². The average Bonchev–Trinajstić information content (AvgIpc) is 2.81. The fourth-order valence-corrected chi connectivity index (χ4v) is 5.26. The van der Waals surface area contributed by atoms with E-state index >= 15 is 0 Å². The van der Waals surface area contributed by atoms with Crippen LogP contribution in [0, 0.1) is 0 Å². The van der Waals surface area contributed by atoms with E-state index in [1.165, 1.54) is 9.71 Å². The number of carbonyl (C=O) groups excluding carboxylic acids is 1. The van der Waals surface area contributed by atoms with Crippen molar-refractivity contribution in [2.75, 3.05) is 37.6 Å². The van der Waals surface area contributed by atoms with Gasteiger partial charge in [0.05, 0.1) is 13.1 Å². The Hall–Kier alpha value is -2.27. The molecule has 2 fully saturated rings. The van der Waals surface area contributed by atoms with Crippen molar-refractivity contribution < 1.29 is 13.2 Å². The smallest absolute Gasteiger partial charge is 0.252 e. The maximum Gasteiger partial charge on any atom is 0.252 e. The van der Waals surface area contributed by atoms with Crippen LogP contribution in [0.25, 0.3) is 6.08 Å². The van der Waals surface area contributed by atoms with Gasteiger partial charge in [-0.25, -0.2) is 13.8 Å². The first-order chi connectivity index (χ1) is 15.4. The van der Waals surface area contributed by atoms with Crippen LogP contribution in [-0.4, -0.2) is 67.4 Å². The SMILES string of the molecule is O=C1CN(S(=O)(=O)/C=C/c2ccc(Br)cc2)CCN1NC1CCN(c2ccncc2)CC1. The molecule has 2 saturated heterocycles. The van der Waals surface area contributed by atoms with Crippen molar-refractivity contribution in [3.63, 3.8) is 0 Å². The first-order valence-corrected chi connectivity index (χ1v) is 12.9. The van der Waals surface area contributed by atoms with Gasteiger partial charge in [0.25, 0.3) is 5.91 Å². The number of halogens is 1. The molecule has 2 aromatic rings. The molecule has 32 heavy (non-hydrogen) atoms. The molecule has 1 amide bonds. The first kappa shape index (κ1) is 22.9. The molecule has 1 aromatic heterocycles. The Kier molecular flexibility index (Phi) is 7.24. The summed E-state index contributed by atoms with van der Waals surface area (Å²) in [5.41, 5.74) is 5.25. The van der Waals surface area contributed by atoms with Gasteiger partial charge in [-0.15, -0.1) is 0 Å². The second kappa shape index (κ2) is 10.1. The van der Waals surface area contributed by atoms with E-state index in [2.05, 4.69) is 31.2 Å². The Morgan fingerprint density at radius 1 is 1.00 bits per heavy atom. The maximum atomic E-state index is 12.7. The Labute approximate surface area is 197 Å². The van der Waals surface area contributed by atoms with Gasteiger partial charge in [-0.2, -0.15) is 4.31 Å². The minimum Gasteiger partial charge on any atom is -0.371 e. The summed E-state index contributed by atoms with van der Waals surface area (Å²) < 4.78 is 27.5. The number of nitrogens with zero attached hydrogens (tertiary/aromatic N) is 4. The third-order valence-electron chi connectivity index (χ3n) is 5.71. The van der Waals surface area contributed by atoms with Crippen molar-refractivity contribution >= 4 is 43.6 Å². The Balaban J connectivity index is 1.28. The van der Waals surface area contributed by atoms with Gasteiger partial charge in [0.2, 0.25) is 10.0 Å². The highest BCUT2D eigenvalue weighted by Crippen LogP contribution is 2.20. The number of carbonyl (C=O) groups is 1. The number of sulfonamides is 1. The van der Waals surface area contributed by atoms with Crippen LogP contribution in [0.1, 0.15) is 18.4 Å². The molecule has 8 nitrogen and oxygen atoms in total. The largest absolute Gasteiger partial charge is 0.371 e. The number of piperazine rings is 1. The predicted octanol–water partition coefficient (Wildman–Crippen LogP) is 2.46. The summed E-state index contributed by atoms with van der Waals surface area (Å²) in [5.74, 6) is -0.228. The Morgan fingerprint density at radius 2 is 1.69 bits per heavy atom. The van der Waals surface area contributed by atoms with Gasteiger partial charge < -0.3 is 4.90 Å². The molecule has 1 N–H and O–H groups in total. The summed E-state index contributed by atoms with van der Waals surface area (Å²) in [6, 6.07) is 11.5. The molecule has 0 atom stereocenters. The lowest BCUT2D eigenvalue weighted by atomic mass is 10.1. The van der Waals surface area contributed by atoms with Crippen LogP contribution in [-0.2, 0) is 14.8 Å². The molecular formula is C22H26BrN5O3S. The Bertz CT molecular complexity index is 1050. The quantitative estimate of drug-likeness (QED) is 0.630. The Morgan fingerprint density at radius 3 is 2.34 bits per heavy atom. The summed E-state index contributed by atoms with van der Waals surface area (Å²) in [4.78, 5) is 19.0. The standard InChI is InChI=1S/C22H26BrN5O3S/c23-19-3-1-18(2-4-19)9-16-32(30,31)27-14-15-28(22(29)17-27)25-20-7-12-26(13-8-20)21-5-10-24-11-6-21/h1-6,9-11,16,20,25H,7-8,12-15,17H2/b16-9+. The summed E-state index contributed by atoms with van der Waals surface area (Å²) in [6.07, 6.45) is 6.95. The van der Waals surface area contributed by atoms with E-state index in [1.807, 2.05) is 36.4 Å². The summed E-state index contributed by atoms with van der Waals surface area (Å²) in [5, 5.41) is 2.75. The fraction of sp³-hybridized carbons (Fsp3) is 0.364. The molecule has 0 bridgehead atoms. The highest BCUT2D eigenvalue weighted by molar-refractivity contribution is 9.10. The van der Waals surface area contributed by atoms with Crippen LogP contribution in [0.4, 0.5) is 5.69 Å². The molecule has 170 valence electrons. The highest BCUT2D eigenvalue weighted by atomic mass is 79.9. The van der Waals surface area contributed by atoms with E-state index in [9.17, 15) is 13.2 Å². The summed E-state index contributed by atoms with van der Waals surface area (Å²) in [6.45, 7) is 2.22. The van der Waals surface area contributed by atoms with Crippen LogP contribution >= 0.6 is 15.9 Å². The number of hydrogen-bond donors (Lipinski definition) is 1. The maximum absolute atomic E-state index is 12.7. The molecule has 0 unspecified atom stereocenters. The van der Waals surface area contributed by atoms with E-state index in [1.54, 1.807) is 23.5 Å². The van der Waals surface area contributed by atoms with Gasteiger partial charge in [-0.05, 0) is 48.7 Å². The third kappa shape index (κ3) is 5.74. The van der Waals surface area contributed by atoms with Gasteiger partial charge >= 0.3 is 0 Å². The molecular weight excluding hydrogens is 494 g/mol. The zero-order valence-electron chi connectivity index (χ0n) is 17.6. The second-order valence-corrected chi connectivity index (χ2v) is 10.6. The minimum absolute atomic E-state index is 0.157. The lowest BCUT2D eigenvalue weighted by Crippen LogP contribution is -2.59. The minimum atomic E-state index is -3.66. The van der Waals surface area contributed by atoms with Gasteiger partial charge in [0, 0.05) is 53.6 Å². The molecule has 0 saturated carbocycles. The number of aromatic nitrogens is 1. The first-order valence-electron chi connectivity index (χ1n) is 10.6. The molecule has 2 aliphatic rings. The number of hydrogen-bond acceptors (Lipinski definition) is 6. The fourth-order valence-electron chi connectivity index (χ4n) is 3.87. The molecule has 2 aliphatic heterocycles. The highest BCUT2D eigenvalue weighted by Gasteiger charge is 2.32. The summed E-state index contributed by atoms with van der Waals surface area (Å²) in [7, 11) is -3.66. The lowest BCUT2D eigenvalue weighted by Gasteiger charge is -2.39. The van der Waals surface area contributed by atoms with E-state index in [0.29, 0.717) is 6.54 Å². The summed E-state index contributed by atoms with van der Waals surface area (Å²) >= 11 is 3.36. The molecule has 4 rings (SSSR count). The van der Waals surface area contributed by atoms with Crippen molar-refractivity contribution in [1.29, 1.82) is 0 Å². The normalized spacial score (nSPS) is 19.1. The van der Waals surface area contributed by atoms with Gasteiger partial charge in [0.15, 0.2) is 0 Å². The molecule has 0 aliphatic carbocycles. The third-order valence-corrected chi connectivity index (χ3v) is 7.75. The van der Waals surface area contributed by atoms with Crippen molar-refractivity contribution in [3.8, 4) is 0 Å². The number of piperidine rings is 1. The molecule has 1 aromatic carbocycles. The number of pyridine rings is 1. The van der Waals surface area contributed by atoms with Crippen LogP contribution in [0.15, 0.2) is 58.7 Å². The van der Waals surface area contributed by atoms with Crippen LogP contribution < -0.4 is 10.3 Å². The molecule has 3 heterocycles. The lowest BCUT2D eigenvalue weighted by molar-refractivity contribution is -0.138. The van der Waals surface area contributed by atoms with Crippen molar-refractivity contribution in [3.05, 3.63) is 64.2 Å². The monoisotopic (exact) mass is 519 g/mol. The molecule has 0 radical (unpaired) electrons. The molecule has 0 spiro atoms. The van der Waals surface area contributed by atoms with Crippen LogP contribution in [0.3, 0.4) is 0 Å². The zero-order valence-corrected chi connectivity index (χ0v) is 20.0. The topological polar surface area (TPSA) is 85.8 Å². The van der Waals surface area contributed by atoms with Crippen molar-refractivity contribution in [2.24, 2.45) is 0 Å². The predicted molar refractivity (Wildman–Crippen MR) is 128 cm³/mol. The second-order valence-electron chi connectivity index (χ2n) is 7.87. The zero-order chi connectivity index (χ0) is 22.6. The average molecular weight is 520 g/mol. The molecule has 10 heteroatoms. The number of nitrogens with one attached hydrogen (secondary N) is 1. The van der Waals surface area contributed by atoms with Crippen molar-refractivity contribution in [1.82, 2.24) is 19.7 Å². The van der Waals surface area contributed by atoms with Crippen LogP contribution in [0.2, 0.25) is 0 Å². The van der Waals surface area contributed by atoms with Gasteiger partial charge in [0.1, 0.15) is 0 Å². The number of anilines is 1. The number of hydrazine groups is 1.